The van der Waals surface area contributed by atoms with E-state index in [9.17, 15) is 16.8 Å². The third kappa shape index (κ3) is 20.1. The molecule has 0 unspecified atom stereocenters. The number of sulfonamides is 2. The molecule has 12 heteroatoms. The van der Waals surface area contributed by atoms with Crippen LogP contribution < -0.4 is 15.4 Å². The van der Waals surface area contributed by atoms with E-state index in [-0.39, 0.29) is 43.2 Å². The number of nitrogens with zero attached hydrogens (tertiary/aromatic N) is 1. The van der Waals surface area contributed by atoms with Crippen molar-refractivity contribution in [2.45, 2.75) is 179 Å². The Kier molecular flexibility index (Phi) is 30.0. The molecule has 8 nitrogen and oxygen atoms in total. The quantitative estimate of drug-likeness (QED) is 0.0487. The van der Waals surface area contributed by atoms with Gasteiger partial charge >= 0.3 is 27.0 Å². The Balaban J connectivity index is 0.000000359. The molecule has 0 aliphatic carbocycles. The summed E-state index contributed by atoms with van der Waals surface area (Å²) in [5.41, 5.74) is 12.3. The Bertz CT molecular complexity index is 2980. The number of nitrogens with one attached hydrogen (secondary N) is 3. The van der Waals surface area contributed by atoms with Gasteiger partial charge < -0.3 is 22.8 Å². The van der Waals surface area contributed by atoms with Gasteiger partial charge in [-0.3, -0.25) is 0 Å². The van der Waals surface area contributed by atoms with Crippen molar-refractivity contribution in [3.63, 3.8) is 0 Å². The molecule has 0 heterocycles. The average molecular weight is 1270 g/mol. The molecular weight excluding hydrogens is 1170 g/mol. The van der Waals surface area contributed by atoms with Gasteiger partial charge in [-0.15, -0.1) is 0 Å². The molecule has 0 radical (unpaired) electrons. The number of aryl methyl sites for hydroxylation is 1. The second-order valence-electron chi connectivity index (χ2n) is 23.4. The summed E-state index contributed by atoms with van der Waals surface area (Å²) in [6.45, 7) is 31.6. The van der Waals surface area contributed by atoms with Crippen molar-refractivity contribution in [1.29, 1.82) is 0 Å². The number of rotatable bonds is 21. The molecule has 0 amide bonds. The van der Waals surface area contributed by atoms with Crippen LogP contribution in [0.2, 0.25) is 0 Å². The van der Waals surface area contributed by atoms with E-state index in [1.54, 1.807) is 0 Å². The van der Waals surface area contributed by atoms with Gasteiger partial charge in [0.2, 0.25) is 10.0 Å². The van der Waals surface area contributed by atoms with E-state index in [1.165, 1.54) is 16.7 Å². The summed E-state index contributed by atoms with van der Waals surface area (Å²) in [6.07, 6.45) is 0. The number of hydrogen-bond donors (Lipinski definition) is 3. The van der Waals surface area contributed by atoms with Gasteiger partial charge in [0.25, 0.3) is 0 Å². The molecule has 0 aromatic heterocycles. The third-order valence-corrected chi connectivity index (χ3v) is 17.9. The van der Waals surface area contributed by atoms with Crippen molar-refractivity contribution >= 4 is 29.7 Å². The molecule has 0 aliphatic heterocycles. The molecule has 0 fully saturated rings. The molecule has 83 heavy (non-hydrogen) atoms. The van der Waals surface area contributed by atoms with Crippen LogP contribution in [-0.4, -0.2) is 30.9 Å². The Morgan fingerprint density at radius 1 is 0.373 bits per heavy atom. The Morgan fingerprint density at radius 3 is 0.988 bits per heavy atom. The third-order valence-electron chi connectivity index (χ3n) is 14.9. The van der Waals surface area contributed by atoms with Gasteiger partial charge in [0, 0.05) is 6.04 Å². The van der Waals surface area contributed by atoms with Crippen molar-refractivity contribution in [3.8, 4) is 0 Å². The van der Waals surface area contributed by atoms with E-state index in [0.29, 0.717) is 27.5 Å². The summed E-state index contributed by atoms with van der Waals surface area (Å²) in [4.78, 5) is 0.798. The molecule has 3 N–H and O–H groups in total. The maximum atomic E-state index is 14.3. The van der Waals surface area contributed by atoms with Crippen molar-refractivity contribution < 1.29 is 34.1 Å². The first-order chi connectivity index (χ1) is 38.8. The van der Waals surface area contributed by atoms with Crippen LogP contribution in [0.3, 0.4) is 0 Å². The fraction of sp³-hybridized carbons (Fsp3) is 0.394. The SMILES string of the molecule is CN[C@@H](c1ccccc1)[C@@H](NS(=O)(=O)c1c(C(C)C)cc(C(C)C)cc1C(C)C)c1ccccc1.CN[C@@H](c1ccccc1)[C@@H]([N-]S(=O)(=O)c1c(C(C)C)cc(C(C)C)cc1C(C)C)c1ccccc1.Cc1ccc(C(C)C)cc1.[CH3-].[Cl][Ru+3]. The van der Waals surface area contributed by atoms with Crippen LogP contribution in [0.5, 0.6) is 0 Å². The topological polar surface area (TPSA) is 118 Å². The van der Waals surface area contributed by atoms with Crippen LogP contribution in [0.4, 0.5) is 0 Å². The minimum atomic E-state index is -3.98. The summed E-state index contributed by atoms with van der Waals surface area (Å²) in [6, 6.07) is 54.8. The Morgan fingerprint density at radius 2 is 0.675 bits per heavy atom. The summed E-state index contributed by atoms with van der Waals surface area (Å²) < 4.78 is 64.7. The molecule has 0 saturated heterocycles. The standard InChI is InChI=1S/C30H40N2O2S.C30H39N2O2S.C10H14.CH3.ClH.Ru/c2*1-20(2)25-18-26(21(3)4)30(27(19-25)22(5)6)35(33,34)32-29(24-16-12-9-13-17-24)28(31-7)23-14-10-8-11-15-23;1-8(2)10-6-4-9(3)5-7-10;;;/h8-22,28-29,31-32H,1-7H3;8-22,28-29,31H,1-7H3;4-8H,1-3H3;1H3;1H;/q;-1;;-1;;+4/p-1/t2*28-,29-;;;;/m00..../s1. The van der Waals surface area contributed by atoms with Gasteiger partial charge in [-0.05, 0) is 118 Å². The van der Waals surface area contributed by atoms with Gasteiger partial charge in [0.1, 0.15) is 10.0 Å². The predicted molar refractivity (Wildman–Crippen MR) is 351 cm³/mol. The second kappa shape index (κ2) is 34.4. The van der Waals surface area contributed by atoms with E-state index in [2.05, 4.69) is 182 Å². The van der Waals surface area contributed by atoms with Gasteiger partial charge in [0.05, 0.1) is 21.9 Å². The fourth-order valence-electron chi connectivity index (χ4n) is 10.1. The molecular formula is C71H96ClN4O4RuS2+. The fourth-order valence-corrected chi connectivity index (χ4v) is 13.8. The summed E-state index contributed by atoms with van der Waals surface area (Å²) >= 11 is 1.82. The van der Waals surface area contributed by atoms with Crippen LogP contribution >= 0.6 is 9.69 Å². The van der Waals surface area contributed by atoms with Crippen LogP contribution in [0.1, 0.15) is 229 Å². The first kappa shape index (κ1) is 72.5. The molecule has 7 aromatic carbocycles. The molecule has 0 bridgehead atoms. The zero-order valence-electron chi connectivity index (χ0n) is 52.6. The Hall–Kier alpha value is -4.81. The monoisotopic (exact) mass is 1270 g/mol. The summed E-state index contributed by atoms with van der Waals surface area (Å²) in [5, 5.41) is 6.69. The van der Waals surface area contributed by atoms with Crippen molar-refractivity contribution in [2.75, 3.05) is 14.1 Å². The second-order valence-corrected chi connectivity index (χ2v) is 26.6. The van der Waals surface area contributed by atoms with Crippen molar-refractivity contribution in [3.05, 3.63) is 249 Å². The van der Waals surface area contributed by atoms with Crippen LogP contribution in [-0.2, 0) is 37.4 Å². The van der Waals surface area contributed by atoms with Gasteiger partial charge in [-0.1, -0.05) is 284 Å². The molecule has 0 saturated carbocycles. The van der Waals surface area contributed by atoms with Crippen molar-refractivity contribution in [2.24, 2.45) is 0 Å². The number of hydrogen-bond acceptors (Lipinski definition) is 6. The van der Waals surface area contributed by atoms with E-state index in [1.807, 2.05) is 153 Å². The molecule has 0 spiro atoms. The molecule has 7 rings (SSSR count). The van der Waals surface area contributed by atoms with Crippen LogP contribution in [0.25, 0.3) is 4.72 Å². The van der Waals surface area contributed by atoms with Gasteiger partial charge in [-0.2, -0.15) is 0 Å². The number of halogens is 1. The molecule has 7 aromatic rings. The minimum absolute atomic E-state index is 0. The number of likely N-dealkylation sites (N-methyl/N-ethyl adjacent to an activating group) is 2. The first-order valence-electron chi connectivity index (χ1n) is 28.9. The summed E-state index contributed by atoms with van der Waals surface area (Å²) in [5.74, 6) is 1.53. The first-order valence-corrected chi connectivity index (χ1v) is 34.1. The van der Waals surface area contributed by atoms with E-state index in [0.717, 1.165) is 50.1 Å². The van der Waals surface area contributed by atoms with E-state index >= 15 is 0 Å². The van der Waals surface area contributed by atoms with E-state index in [4.69, 9.17) is 0 Å². The zero-order chi connectivity index (χ0) is 61.1. The molecule has 0 aliphatic rings. The van der Waals surface area contributed by atoms with Gasteiger partial charge in [0.15, 0.2) is 0 Å². The normalized spacial score (nSPS) is 13.1. The average Bonchev–Trinajstić information content (AvgIpc) is 3.50. The number of benzene rings is 7. The van der Waals surface area contributed by atoms with Gasteiger partial charge in [-0.25, -0.2) is 21.6 Å². The maximum absolute atomic E-state index is 14.3. The van der Waals surface area contributed by atoms with Crippen molar-refractivity contribution in [1.82, 2.24) is 15.4 Å². The van der Waals surface area contributed by atoms with Crippen LogP contribution in [0.15, 0.2) is 180 Å². The summed E-state index contributed by atoms with van der Waals surface area (Å²) in [7, 11) is 0.462. The Labute approximate surface area is 517 Å². The molecule has 450 valence electrons. The zero-order valence-corrected chi connectivity index (χ0v) is 56.8. The van der Waals surface area contributed by atoms with Crippen LogP contribution in [0, 0.1) is 14.4 Å². The van der Waals surface area contributed by atoms with E-state index < -0.39 is 32.1 Å². The predicted octanol–water partition coefficient (Wildman–Crippen LogP) is 19.1. The molecule has 4 atom stereocenters.